The van der Waals surface area contributed by atoms with E-state index in [2.05, 4.69) is 15.3 Å². The maximum absolute atomic E-state index is 11.3. The van der Waals surface area contributed by atoms with E-state index in [4.69, 9.17) is 14.6 Å². The fourth-order valence-electron chi connectivity index (χ4n) is 2.63. The summed E-state index contributed by atoms with van der Waals surface area (Å²) in [7, 11) is 0. The maximum atomic E-state index is 11.3. The molecule has 0 bridgehead atoms. The Balaban J connectivity index is 0.000000360. The molecule has 0 amide bonds. The van der Waals surface area contributed by atoms with Gasteiger partial charge in [0.05, 0.1) is 16.6 Å². The molecule has 0 fully saturated rings. The molecule has 0 saturated heterocycles. The lowest BCUT2D eigenvalue weighted by Crippen LogP contribution is -2.21. The smallest absolute Gasteiger partial charge is 0.486 e. The lowest BCUT2D eigenvalue weighted by Gasteiger charge is -2.06. The summed E-state index contributed by atoms with van der Waals surface area (Å²) < 4.78 is 39.3. The van der Waals surface area contributed by atoms with Gasteiger partial charge >= 0.3 is 18.1 Å². The van der Waals surface area contributed by atoms with Crippen LogP contribution in [0.2, 0.25) is 0 Å². The number of hydrogen-bond acceptors (Lipinski definition) is 5. The molecule has 0 spiro atoms. The normalized spacial score (nSPS) is 11.0. The number of aliphatic carboxylic acids is 1. The summed E-state index contributed by atoms with van der Waals surface area (Å²) in [6.45, 7) is 0.225. The van der Waals surface area contributed by atoms with E-state index < -0.39 is 18.1 Å². The van der Waals surface area contributed by atoms with E-state index in [1.807, 2.05) is 42.6 Å². The minimum Gasteiger partial charge on any atom is -0.486 e. The molecule has 166 valence electrons. The molecule has 0 radical (unpaired) electrons. The molecule has 2 aromatic heterocycles. The monoisotopic (exact) mass is 448 g/mol. The Bertz CT molecular complexity index is 1240. The minimum atomic E-state index is -5.08. The van der Waals surface area contributed by atoms with Crippen LogP contribution < -0.4 is 4.74 Å². The minimum absolute atomic E-state index is 0.0552. The quantitative estimate of drug-likeness (QED) is 0.425. The van der Waals surface area contributed by atoms with E-state index in [1.54, 1.807) is 22.9 Å². The summed E-state index contributed by atoms with van der Waals surface area (Å²) in [6, 6.07) is 16.9. The number of benzene rings is 2. The van der Waals surface area contributed by atoms with Crippen molar-refractivity contribution in [3.05, 3.63) is 72.2 Å². The van der Waals surface area contributed by atoms with Crippen molar-refractivity contribution in [3.8, 4) is 11.4 Å². The second-order valence-electron chi connectivity index (χ2n) is 6.23. The van der Waals surface area contributed by atoms with Crippen LogP contribution in [0.3, 0.4) is 0 Å². The Morgan fingerprint density at radius 3 is 2.34 bits per heavy atom. The van der Waals surface area contributed by atoms with Crippen LogP contribution in [0.4, 0.5) is 13.2 Å². The number of nitrogens with zero attached hydrogens (tertiary/aromatic N) is 3. The SMILES string of the molecule is O=C(O)C(F)(F)F.O=C(O)c1n[nH]c2cccc(OCc3ccn(-c4ccccc4)n3)c12. The number of ether oxygens (including phenoxy) is 1. The molecule has 4 rings (SSSR count). The van der Waals surface area contributed by atoms with E-state index in [9.17, 15) is 23.1 Å². The van der Waals surface area contributed by atoms with Gasteiger partial charge in [-0.2, -0.15) is 23.4 Å². The summed E-state index contributed by atoms with van der Waals surface area (Å²) in [5.41, 5.74) is 2.25. The van der Waals surface area contributed by atoms with Gasteiger partial charge in [0.2, 0.25) is 0 Å². The molecule has 3 N–H and O–H groups in total. The first-order valence-electron chi connectivity index (χ1n) is 8.90. The lowest BCUT2D eigenvalue weighted by molar-refractivity contribution is -0.192. The van der Waals surface area contributed by atoms with Crippen LogP contribution in [0.25, 0.3) is 16.6 Å². The Morgan fingerprint density at radius 1 is 1.03 bits per heavy atom. The fraction of sp³-hybridized carbons (Fsp3) is 0.100. The third-order valence-corrected chi connectivity index (χ3v) is 4.04. The maximum Gasteiger partial charge on any atom is 0.490 e. The molecule has 0 saturated carbocycles. The van der Waals surface area contributed by atoms with Gasteiger partial charge in [-0.25, -0.2) is 14.3 Å². The molecule has 0 aliphatic heterocycles. The highest BCUT2D eigenvalue weighted by Crippen LogP contribution is 2.28. The van der Waals surface area contributed by atoms with Gasteiger partial charge in [0.1, 0.15) is 18.1 Å². The van der Waals surface area contributed by atoms with Crippen molar-refractivity contribution >= 4 is 22.8 Å². The number of alkyl halides is 3. The van der Waals surface area contributed by atoms with Crippen molar-refractivity contribution in [2.24, 2.45) is 0 Å². The predicted molar refractivity (Wildman–Crippen MR) is 105 cm³/mol. The third kappa shape index (κ3) is 5.22. The summed E-state index contributed by atoms with van der Waals surface area (Å²) in [6.07, 6.45) is -3.23. The van der Waals surface area contributed by atoms with Crippen LogP contribution in [-0.2, 0) is 11.4 Å². The van der Waals surface area contributed by atoms with E-state index in [1.165, 1.54) is 0 Å². The summed E-state index contributed by atoms with van der Waals surface area (Å²) >= 11 is 0. The number of carboxylic acids is 2. The molecule has 12 heteroatoms. The summed E-state index contributed by atoms with van der Waals surface area (Å²) in [5.74, 6) is -3.40. The summed E-state index contributed by atoms with van der Waals surface area (Å²) in [5, 5.41) is 27.8. The molecule has 2 aromatic carbocycles. The Kier molecular flexibility index (Phi) is 6.42. The Hall–Kier alpha value is -4.35. The van der Waals surface area contributed by atoms with E-state index in [0.717, 1.165) is 11.4 Å². The van der Waals surface area contributed by atoms with Crippen LogP contribution in [0, 0.1) is 0 Å². The molecule has 32 heavy (non-hydrogen) atoms. The molecule has 0 atom stereocenters. The highest BCUT2D eigenvalue weighted by Gasteiger charge is 2.38. The van der Waals surface area contributed by atoms with Gasteiger partial charge in [0.25, 0.3) is 0 Å². The highest BCUT2D eigenvalue weighted by atomic mass is 19.4. The number of aromatic nitrogens is 4. The van der Waals surface area contributed by atoms with Gasteiger partial charge in [-0.05, 0) is 30.3 Å². The lowest BCUT2D eigenvalue weighted by atomic mass is 10.2. The second kappa shape index (κ2) is 9.20. The van der Waals surface area contributed by atoms with Gasteiger partial charge in [-0.3, -0.25) is 5.10 Å². The number of aromatic carboxylic acids is 1. The summed E-state index contributed by atoms with van der Waals surface area (Å²) in [4.78, 5) is 20.2. The number of hydrogen-bond donors (Lipinski definition) is 3. The Morgan fingerprint density at radius 2 is 1.72 bits per heavy atom. The number of rotatable bonds is 5. The van der Waals surface area contributed by atoms with Crippen molar-refractivity contribution in [1.82, 2.24) is 20.0 Å². The number of carbonyl (C=O) groups is 2. The molecule has 2 heterocycles. The van der Waals surface area contributed by atoms with Crippen molar-refractivity contribution in [1.29, 1.82) is 0 Å². The van der Waals surface area contributed by atoms with E-state index in [-0.39, 0.29) is 12.3 Å². The van der Waals surface area contributed by atoms with Crippen LogP contribution in [-0.4, -0.2) is 48.3 Å². The number of carboxylic acid groups (broad SMARTS) is 2. The van der Waals surface area contributed by atoms with Crippen LogP contribution >= 0.6 is 0 Å². The van der Waals surface area contributed by atoms with Crippen molar-refractivity contribution in [2.75, 3.05) is 0 Å². The average molecular weight is 448 g/mol. The number of para-hydroxylation sites is 1. The first-order valence-corrected chi connectivity index (χ1v) is 8.90. The van der Waals surface area contributed by atoms with Gasteiger partial charge in [0.15, 0.2) is 5.69 Å². The molecule has 0 aliphatic rings. The molecular weight excluding hydrogens is 433 g/mol. The number of nitrogens with one attached hydrogen (secondary N) is 1. The number of fused-ring (bicyclic) bond motifs is 1. The van der Waals surface area contributed by atoms with E-state index in [0.29, 0.717) is 16.7 Å². The van der Waals surface area contributed by atoms with Crippen molar-refractivity contribution in [3.63, 3.8) is 0 Å². The zero-order valence-electron chi connectivity index (χ0n) is 16.1. The second-order valence-corrected chi connectivity index (χ2v) is 6.23. The fourth-order valence-corrected chi connectivity index (χ4v) is 2.63. The molecule has 0 aliphatic carbocycles. The molecule has 0 unspecified atom stereocenters. The zero-order chi connectivity index (χ0) is 23.3. The van der Waals surface area contributed by atoms with Crippen molar-refractivity contribution in [2.45, 2.75) is 12.8 Å². The largest absolute Gasteiger partial charge is 0.490 e. The predicted octanol–water partition coefficient (Wildman–Crippen LogP) is 3.66. The molecule has 9 nitrogen and oxygen atoms in total. The third-order valence-electron chi connectivity index (χ3n) is 4.04. The van der Waals surface area contributed by atoms with Gasteiger partial charge in [-0.1, -0.05) is 24.3 Å². The average Bonchev–Trinajstić information content (AvgIpc) is 3.40. The van der Waals surface area contributed by atoms with Crippen molar-refractivity contribution < 1.29 is 37.7 Å². The number of H-pyrrole nitrogens is 1. The van der Waals surface area contributed by atoms with Crippen LogP contribution in [0.1, 0.15) is 16.2 Å². The standard InChI is InChI=1S/C18H14N4O3.C2HF3O2/c23-18(24)17-16-14(19-20-17)7-4-8-15(16)25-11-12-9-10-22(21-12)13-5-2-1-3-6-13;3-2(4,5)1(6)7/h1-10H,11H2,(H,19,20)(H,23,24);(H,6,7). The highest BCUT2D eigenvalue weighted by molar-refractivity contribution is 6.03. The molecular formula is C20H15F3N4O5. The van der Waals surface area contributed by atoms with Crippen LogP contribution in [0.5, 0.6) is 5.75 Å². The number of aromatic amines is 1. The topological polar surface area (TPSA) is 130 Å². The first kappa shape index (κ1) is 22.3. The van der Waals surface area contributed by atoms with Gasteiger partial charge in [-0.15, -0.1) is 0 Å². The molecule has 4 aromatic rings. The first-order chi connectivity index (χ1) is 15.2. The zero-order valence-corrected chi connectivity index (χ0v) is 16.1. The van der Waals surface area contributed by atoms with Crippen LogP contribution in [0.15, 0.2) is 60.8 Å². The number of halogens is 3. The van der Waals surface area contributed by atoms with E-state index >= 15 is 0 Å². The van der Waals surface area contributed by atoms with Gasteiger partial charge in [0, 0.05) is 6.20 Å². The Labute approximate surface area is 177 Å². The van der Waals surface area contributed by atoms with Gasteiger partial charge < -0.3 is 14.9 Å².